The summed E-state index contributed by atoms with van der Waals surface area (Å²) >= 11 is 0. The van der Waals surface area contributed by atoms with Crippen molar-refractivity contribution in [2.24, 2.45) is 11.7 Å². The number of nitrogens with zero attached hydrogens (tertiary/aromatic N) is 1. The third-order valence-corrected chi connectivity index (χ3v) is 6.11. The van der Waals surface area contributed by atoms with Gasteiger partial charge in [0.05, 0.1) is 6.10 Å². The smallest absolute Gasteiger partial charge is 0.0589 e. The van der Waals surface area contributed by atoms with Crippen molar-refractivity contribution < 1.29 is 4.74 Å². The maximum absolute atomic E-state index is 6.26. The van der Waals surface area contributed by atoms with E-state index in [0.29, 0.717) is 6.10 Å². The van der Waals surface area contributed by atoms with E-state index >= 15 is 0 Å². The van der Waals surface area contributed by atoms with Crippen LogP contribution < -0.4 is 5.73 Å². The number of hydrogen-bond acceptors (Lipinski definition) is 3. The zero-order valence-electron chi connectivity index (χ0n) is 12.4. The summed E-state index contributed by atoms with van der Waals surface area (Å²) in [6.45, 7) is 2.10. The van der Waals surface area contributed by atoms with Gasteiger partial charge in [-0.1, -0.05) is 12.8 Å². The van der Waals surface area contributed by atoms with Crippen LogP contribution >= 0.6 is 0 Å². The summed E-state index contributed by atoms with van der Waals surface area (Å²) in [5.41, 5.74) is 6.51. The Morgan fingerprint density at radius 3 is 2.79 bits per heavy atom. The van der Waals surface area contributed by atoms with Gasteiger partial charge in [-0.15, -0.1) is 0 Å². The highest BCUT2D eigenvalue weighted by Crippen LogP contribution is 2.44. The van der Waals surface area contributed by atoms with Crippen molar-refractivity contribution in [1.29, 1.82) is 0 Å². The lowest BCUT2D eigenvalue weighted by molar-refractivity contribution is -0.0351. The van der Waals surface area contributed by atoms with Gasteiger partial charge in [0.2, 0.25) is 0 Å². The molecule has 3 rings (SSSR count). The molecule has 19 heavy (non-hydrogen) atoms. The molecular formula is C16H30N2O. The molecule has 0 aromatic carbocycles. The Morgan fingerprint density at radius 1 is 1.16 bits per heavy atom. The van der Waals surface area contributed by atoms with Crippen LogP contribution in [0.5, 0.6) is 0 Å². The van der Waals surface area contributed by atoms with Crippen LogP contribution in [0.4, 0.5) is 0 Å². The molecule has 1 saturated heterocycles. The Hall–Kier alpha value is -0.120. The van der Waals surface area contributed by atoms with Gasteiger partial charge in [0, 0.05) is 25.2 Å². The number of likely N-dealkylation sites (tertiary alicyclic amines) is 1. The van der Waals surface area contributed by atoms with Gasteiger partial charge in [0.1, 0.15) is 0 Å². The lowest BCUT2D eigenvalue weighted by Crippen LogP contribution is -2.59. The Balaban J connectivity index is 1.77. The van der Waals surface area contributed by atoms with Gasteiger partial charge in [0.25, 0.3) is 0 Å². The van der Waals surface area contributed by atoms with Gasteiger partial charge in [0.15, 0.2) is 0 Å². The van der Waals surface area contributed by atoms with Crippen LogP contribution in [0.25, 0.3) is 0 Å². The average molecular weight is 266 g/mol. The van der Waals surface area contributed by atoms with Crippen molar-refractivity contribution in [3.63, 3.8) is 0 Å². The van der Waals surface area contributed by atoms with E-state index in [1.165, 1.54) is 57.9 Å². The summed E-state index contributed by atoms with van der Waals surface area (Å²) in [4.78, 5) is 2.82. The second kappa shape index (κ2) is 5.71. The number of ether oxygens (including phenoxy) is 1. The number of hydrogen-bond donors (Lipinski definition) is 1. The molecule has 2 aliphatic carbocycles. The Morgan fingerprint density at radius 2 is 2.00 bits per heavy atom. The Labute approximate surface area is 117 Å². The number of rotatable bonds is 3. The van der Waals surface area contributed by atoms with Gasteiger partial charge in [-0.05, 0) is 57.4 Å². The van der Waals surface area contributed by atoms with Gasteiger partial charge < -0.3 is 10.5 Å². The standard InChI is InChI=1S/C16H30N2O/c1-19-14-6-4-9-16(11-14,12-17)18-10-8-13-5-2-3-7-15(13)18/h13-15H,2-12,17H2,1H3. The van der Waals surface area contributed by atoms with Crippen molar-refractivity contribution in [1.82, 2.24) is 4.90 Å². The zero-order valence-corrected chi connectivity index (χ0v) is 12.4. The van der Waals surface area contributed by atoms with Gasteiger partial charge in [-0.2, -0.15) is 0 Å². The van der Waals surface area contributed by atoms with Crippen molar-refractivity contribution in [3.05, 3.63) is 0 Å². The quantitative estimate of drug-likeness (QED) is 0.853. The Bertz CT molecular complexity index is 309. The highest BCUT2D eigenvalue weighted by atomic mass is 16.5. The highest BCUT2D eigenvalue weighted by Gasteiger charge is 2.48. The maximum Gasteiger partial charge on any atom is 0.0589 e. The lowest BCUT2D eigenvalue weighted by atomic mass is 9.76. The van der Waals surface area contributed by atoms with Crippen LogP contribution in [0, 0.1) is 5.92 Å². The van der Waals surface area contributed by atoms with Crippen molar-refractivity contribution in [3.8, 4) is 0 Å². The fraction of sp³-hybridized carbons (Fsp3) is 1.00. The largest absolute Gasteiger partial charge is 0.381 e. The summed E-state index contributed by atoms with van der Waals surface area (Å²) in [5.74, 6) is 0.958. The van der Waals surface area contributed by atoms with E-state index in [-0.39, 0.29) is 5.54 Å². The number of methoxy groups -OCH3 is 1. The number of nitrogens with two attached hydrogens (primary N) is 1. The van der Waals surface area contributed by atoms with E-state index in [0.717, 1.165) is 24.9 Å². The van der Waals surface area contributed by atoms with E-state index in [9.17, 15) is 0 Å². The molecule has 1 aliphatic heterocycles. The molecule has 1 heterocycles. The first-order chi connectivity index (χ1) is 9.29. The maximum atomic E-state index is 6.26. The molecule has 3 heteroatoms. The fourth-order valence-electron chi connectivity index (χ4n) is 5.05. The minimum Gasteiger partial charge on any atom is -0.381 e. The van der Waals surface area contributed by atoms with Crippen LogP contribution in [-0.4, -0.2) is 42.8 Å². The fourth-order valence-corrected chi connectivity index (χ4v) is 5.05. The molecular weight excluding hydrogens is 236 g/mol. The number of fused-ring (bicyclic) bond motifs is 1. The molecule has 0 bridgehead atoms. The monoisotopic (exact) mass is 266 g/mol. The van der Waals surface area contributed by atoms with Crippen LogP contribution in [0.1, 0.15) is 57.8 Å². The van der Waals surface area contributed by atoms with Crippen molar-refractivity contribution in [2.45, 2.75) is 75.5 Å². The SMILES string of the molecule is COC1CCCC(CN)(N2CCC3CCCCC32)C1. The molecule has 0 aromatic rings. The van der Waals surface area contributed by atoms with Crippen LogP contribution in [0.3, 0.4) is 0 Å². The van der Waals surface area contributed by atoms with E-state index in [1.54, 1.807) is 0 Å². The second-order valence-electron chi connectivity index (χ2n) is 6.98. The predicted molar refractivity (Wildman–Crippen MR) is 78.1 cm³/mol. The van der Waals surface area contributed by atoms with Gasteiger partial charge in [-0.3, -0.25) is 4.90 Å². The third kappa shape index (κ3) is 2.45. The zero-order chi connectivity index (χ0) is 13.3. The molecule has 2 saturated carbocycles. The molecule has 0 radical (unpaired) electrons. The summed E-state index contributed by atoms with van der Waals surface area (Å²) < 4.78 is 5.66. The third-order valence-electron chi connectivity index (χ3n) is 6.11. The summed E-state index contributed by atoms with van der Waals surface area (Å²) in [6.07, 6.45) is 12.5. The topological polar surface area (TPSA) is 38.5 Å². The lowest BCUT2D eigenvalue weighted by Gasteiger charge is -2.50. The molecule has 4 unspecified atom stereocenters. The molecule has 3 nitrogen and oxygen atoms in total. The van der Waals surface area contributed by atoms with Crippen LogP contribution in [0.2, 0.25) is 0 Å². The highest BCUT2D eigenvalue weighted by molar-refractivity contribution is 5.04. The van der Waals surface area contributed by atoms with Gasteiger partial charge in [-0.25, -0.2) is 0 Å². The minimum absolute atomic E-state index is 0.246. The van der Waals surface area contributed by atoms with Crippen LogP contribution in [0.15, 0.2) is 0 Å². The molecule has 3 fully saturated rings. The first-order valence-electron chi connectivity index (χ1n) is 8.29. The Kier molecular flexibility index (Phi) is 4.16. The average Bonchev–Trinajstić information content (AvgIpc) is 2.91. The van der Waals surface area contributed by atoms with Crippen LogP contribution in [-0.2, 0) is 4.74 Å². The second-order valence-corrected chi connectivity index (χ2v) is 6.98. The van der Waals surface area contributed by atoms with Crippen molar-refractivity contribution in [2.75, 3.05) is 20.2 Å². The molecule has 110 valence electrons. The van der Waals surface area contributed by atoms with E-state index in [2.05, 4.69) is 4.90 Å². The molecule has 0 spiro atoms. The summed E-state index contributed by atoms with van der Waals surface area (Å²) in [7, 11) is 1.87. The first kappa shape index (κ1) is 13.8. The van der Waals surface area contributed by atoms with E-state index in [1.807, 2.05) is 7.11 Å². The molecule has 4 atom stereocenters. The summed E-state index contributed by atoms with van der Waals surface area (Å²) in [6, 6.07) is 0.827. The molecule has 0 amide bonds. The van der Waals surface area contributed by atoms with Gasteiger partial charge >= 0.3 is 0 Å². The molecule has 2 N–H and O–H groups in total. The summed E-state index contributed by atoms with van der Waals surface area (Å²) in [5, 5.41) is 0. The van der Waals surface area contributed by atoms with Crippen molar-refractivity contribution >= 4 is 0 Å². The first-order valence-corrected chi connectivity index (χ1v) is 8.29. The minimum atomic E-state index is 0.246. The van der Waals surface area contributed by atoms with E-state index < -0.39 is 0 Å². The predicted octanol–water partition coefficient (Wildman–Crippen LogP) is 2.54. The molecule has 0 aromatic heterocycles. The normalized spacial score (nSPS) is 44.2. The van der Waals surface area contributed by atoms with E-state index in [4.69, 9.17) is 10.5 Å². The molecule has 3 aliphatic rings.